The van der Waals surface area contributed by atoms with Crippen LogP contribution in [0.1, 0.15) is 32.3 Å². The van der Waals surface area contributed by atoms with Gasteiger partial charge in [-0.15, -0.1) is 0 Å². The molecule has 0 amide bonds. The van der Waals surface area contributed by atoms with Gasteiger partial charge in [0.05, 0.1) is 31.2 Å². The standard InChI is InChI=1S/C35H51N11O2/c1-5-6-7-8-33(30-23-40-43(4)24-30)41-34(27(2)36)46(37)26-32-25-45(18-20-48-32)35-38-21-29(22-39-35)28-9-11-31(12-10-28)47-19-17-44-15-13-42(3)14-16-44/h7-12,21-24,32H,5-6,13-20,25-26,36-37H2,1-4H3/b8-7+,34-27-,41-33+. The van der Waals surface area contributed by atoms with Gasteiger partial charge in [0.25, 0.3) is 0 Å². The largest absolute Gasteiger partial charge is 0.492 e. The van der Waals surface area contributed by atoms with Gasteiger partial charge in [0.2, 0.25) is 5.95 Å². The summed E-state index contributed by atoms with van der Waals surface area (Å²) >= 11 is 0. The molecular formula is C35H51N11O2. The van der Waals surface area contributed by atoms with Crippen LogP contribution in [0, 0.1) is 0 Å². The van der Waals surface area contributed by atoms with Crippen molar-refractivity contribution in [1.82, 2.24) is 34.6 Å². The molecule has 3 aromatic rings. The van der Waals surface area contributed by atoms with E-state index in [-0.39, 0.29) is 6.10 Å². The summed E-state index contributed by atoms with van der Waals surface area (Å²) in [5.74, 6) is 8.60. The Bertz CT molecular complexity index is 1520. The molecule has 5 rings (SSSR count). The average Bonchev–Trinajstić information content (AvgIpc) is 3.53. The van der Waals surface area contributed by atoms with Crippen LogP contribution in [-0.4, -0.2) is 119 Å². The van der Waals surface area contributed by atoms with Gasteiger partial charge in [-0.1, -0.05) is 31.6 Å². The number of allylic oxidation sites excluding steroid dienone is 3. The van der Waals surface area contributed by atoms with E-state index in [1.54, 1.807) is 22.8 Å². The van der Waals surface area contributed by atoms with Crippen molar-refractivity contribution in [2.24, 2.45) is 23.6 Å². The molecule has 0 spiro atoms. The number of aliphatic imine (C=N–C) groups is 1. The van der Waals surface area contributed by atoms with Crippen LogP contribution in [0.25, 0.3) is 11.1 Å². The van der Waals surface area contributed by atoms with Crippen LogP contribution in [-0.2, 0) is 11.8 Å². The van der Waals surface area contributed by atoms with E-state index >= 15 is 0 Å². The predicted octanol–water partition coefficient (Wildman–Crippen LogP) is 2.88. The highest BCUT2D eigenvalue weighted by Gasteiger charge is 2.25. The smallest absolute Gasteiger partial charge is 0.225 e. The van der Waals surface area contributed by atoms with E-state index in [1.165, 1.54) is 0 Å². The fourth-order valence-electron chi connectivity index (χ4n) is 5.66. The highest BCUT2D eigenvalue weighted by atomic mass is 16.5. The summed E-state index contributed by atoms with van der Waals surface area (Å²) < 4.78 is 13.9. The summed E-state index contributed by atoms with van der Waals surface area (Å²) in [5, 5.41) is 5.88. The quantitative estimate of drug-likeness (QED) is 0.150. The van der Waals surface area contributed by atoms with Gasteiger partial charge in [-0.2, -0.15) is 5.10 Å². The highest BCUT2D eigenvalue weighted by Crippen LogP contribution is 2.23. The minimum Gasteiger partial charge on any atom is -0.492 e. The molecule has 1 aromatic carbocycles. The second-order valence-electron chi connectivity index (χ2n) is 12.5. The van der Waals surface area contributed by atoms with E-state index in [2.05, 4.69) is 52.0 Å². The molecule has 1 unspecified atom stereocenters. The Kier molecular flexibility index (Phi) is 12.5. The number of aromatic nitrogens is 4. The normalized spacial score (nSPS) is 18.7. The van der Waals surface area contributed by atoms with Crippen molar-refractivity contribution in [3.05, 3.63) is 78.3 Å². The summed E-state index contributed by atoms with van der Waals surface area (Å²) in [6.45, 7) is 12.2. The van der Waals surface area contributed by atoms with Gasteiger partial charge in [-0.25, -0.2) is 20.8 Å². The number of likely N-dealkylation sites (N-methyl/N-ethyl adjacent to an activating group) is 1. The summed E-state index contributed by atoms with van der Waals surface area (Å²) in [5.41, 5.74) is 10.4. The van der Waals surface area contributed by atoms with Crippen LogP contribution in [0.15, 0.2) is 77.7 Å². The van der Waals surface area contributed by atoms with E-state index in [4.69, 9.17) is 36.0 Å². The third-order valence-electron chi connectivity index (χ3n) is 8.50. The number of morpholine rings is 1. The molecule has 0 saturated carbocycles. The maximum absolute atomic E-state index is 6.58. The third-order valence-corrected chi connectivity index (χ3v) is 8.50. The zero-order valence-electron chi connectivity index (χ0n) is 28.8. The number of nitrogens with zero attached hydrogens (tertiary/aromatic N) is 9. The molecule has 2 saturated heterocycles. The van der Waals surface area contributed by atoms with Gasteiger partial charge in [-0.3, -0.25) is 14.6 Å². The maximum Gasteiger partial charge on any atom is 0.225 e. The van der Waals surface area contributed by atoms with Gasteiger partial charge in [0, 0.05) is 88.3 Å². The van der Waals surface area contributed by atoms with Gasteiger partial charge >= 0.3 is 0 Å². The van der Waals surface area contributed by atoms with Crippen molar-refractivity contribution in [3.8, 4) is 16.9 Å². The molecule has 2 aliphatic rings. The first-order valence-electron chi connectivity index (χ1n) is 16.8. The monoisotopic (exact) mass is 657 g/mol. The fourth-order valence-corrected chi connectivity index (χ4v) is 5.66. The second kappa shape index (κ2) is 17.2. The number of hydrogen-bond acceptors (Lipinski definition) is 12. The fraction of sp³-hybridized carbons (Fsp3) is 0.486. The van der Waals surface area contributed by atoms with E-state index in [0.29, 0.717) is 50.3 Å². The molecule has 4 heterocycles. The van der Waals surface area contributed by atoms with Crippen LogP contribution in [0.5, 0.6) is 5.75 Å². The van der Waals surface area contributed by atoms with Crippen molar-refractivity contribution in [2.75, 3.05) is 77.5 Å². The van der Waals surface area contributed by atoms with Crippen molar-refractivity contribution in [3.63, 3.8) is 0 Å². The number of hydrazine groups is 1. The zero-order valence-corrected chi connectivity index (χ0v) is 28.8. The SMILES string of the molecule is CCC/C=C/C(=N\C(=C(/C)N)N(N)CC1CN(c2ncc(-c3ccc(OCCN4CCN(C)CC4)cc3)cn2)CCO1)c1cnn(C)c1. The first-order valence-corrected chi connectivity index (χ1v) is 16.8. The number of ether oxygens (including phenoxy) is 2. The topological polar surface area (TPSA) is 139 Å². The minimum atomic E-state index is -0.196. The molecule has 2 fully saturated rings. The van der Waals surface area contributed by atoms with Crippen molar-refractivity contribution < 1.29 is 9.47 Å². The molecule has 2 aromatic heterocycles. The Morgan fingerprint density at radius 3 is 2.48 bits per heavy atom. The van der Waals surface area contributed by atoms with Crippen molar-refractivity contribution >= 4 is 11.7 Å². The molecule has 0 bridgehead atoms. The van der Waals surface area contributed by atoms with E-state index in [0.717, 1.165) is 73.7 Å². The summed E-state index contributed by atoms with van der Waals surface area (Å²) in [4.78, 5) is 21.2. The number of aryl methyl sites for hydroxylation is 1. The average molecular weight is 658 g/mol. The lowest BCUT2D eigenvalue weighted by Gasteiger charge is -2.35. The van der Waals surface area contributed by atoms with E-state index in [9.17, 15) is 0 Å². The van der Waals surface area contributed by atoms with Crippen LogP contribution in [0.2, 0.25) is 0 Å². The first kappa shape index (κ1) is 35.0. The van der Waals surface area contributed by atoms with E-state index in [1.807, 2.05) is 43.8 Å². The van der Waals surface area contributed by atoms with Crippen LogP contribution < -0.4 is 21.2 Å². The number of piperazine rings is 1. The van der Waals surface area contributed by atoms with Crippen molar-refractivity contribution in [2.45, 2.75) is 32.8 Å². The van der Waals surface area contributed by atoms with Gasteiger partial charge in [-0.05, 0) is 44.2 Å². The molecule has 0 aliphatic carbocycles. The number of benzene rings is 1. The van der Waals surface area contributed by atoms with Crippen LogP contribution in [0.3, 0.4) is 0 Å². The lowest BCUT2D eigenvalue weighted by molar-refractivity contribution is 0.0210. The number of hydrogen-bond donors (Lipinski definition) is 2. The molecule has 13 nitrogen and oxygen atoms in total. The number of rotatable bonds is 14. The lowest BCUT2D eigenvalue weighted by Crippen LogP contribution is -2.49. The molecule has 0 radical (unpaired) electrons. The van der Waals surface area contributed by atoms with E-state index < -0.39 is 0 Å². The number of anilines is 1. The van der Waals surface area contributed by atoms with Crippen LogP contribution in [0.4, 0.5) is 5.95 Å². The van der Waals surface area contributed by atoms with Gasteiger partial charge in [0.15, 0.2) is 5.82 Å². The second-order valence-corrected chi connectivity index (χ2v) is 12.5. The minimum absolute atomic E-state index is 0.196. The molecule has 2 aliphatic heterocycles. The van der Waals surface area contributed by atoms with Crippen LogP contribution >= 0.6 is 0 Å². The Balaban J connectivity index is 1.16. The molecular weight excluding hydrogens is 606 g/mol. The molecule has 48 heavy (non-hydrogen) atoms. The highest BCUT2D eigenvalue weighted by molar-refractivity contribution is 6.08. The Morgan fingerprint density at radius 2 is 1.81 bits per heavy atom. The summed E-state index contributed by atoms with van der Waals surface area (Å²) in [7, 11) is 4.05. The third kappa shape index (κ3) is 9.86. The molecule has 4 N–H and O–H groups in total. The number of nitrogens with two attached hydrogens (primary N) is 2. The Morgan fingerprint density at radius 1 is 1.06 bits per heavy atom. The van der Waals surface area contributed by atoms with Crippen molar-refractivity contribution in [1.29, 1.82) is 0 Å². The molecule has 13 heteroatoms. The maximum atomic E-state index is 6.58. The Hall–Kier alpha value is -4.30. The summed E-state index contributed by atoms with van der Waals surface area (Å²) in [6, 6.07) is 8.12. The lowest BCUT2D eigenvalue weighted by atomic mass is 10.1. The Labute approximate surface area is 284 Å². The zero-order chi connectivity index (χ0) is 33.9. The molecule has 1 atom stereocenters. The first-order chi connectivity index (χ1) is 23.3. The number of unbranched alkanes of at least 4 members (excludes halogenated alkanes) is 1. The van der Waals surface area contributed by atoms with Gasteiger partial charge < -0.3 is 25.0 Å². The predicted molar refractivity (Wildman–Crippen MR) is 190 cm³/mol. The van der Waals surface area contributed by atoms with Gasteiger partial charge in [0.1, 0.15) is 12.4 Å². The summed E-state index contributed by atoms with van der Waals surface area (Å²) in [6.07, 6.45) is 13.3. The molecule has 258 valence electrons.